The molecule has 104 valence electrons. The lowest BCUT2D eigenvalue weighted by molar-refractivity contribution is 0.311. The molecule has 0 spiro atoms. The van der Waals surface area contributed by atoms with Crippen molar-refractivity contribution in [2.45, 2.75) is 13.5 Å². The fraction of sp³-hybridized carbons (Fsp3) is 0.267. The zero-order chi connectivity index (χ0) is 14.4. The third kappa shape index (κ3) is 3.43. The van der Waals surface area contributed by atoms with E-state index in [1.807, 2.05) is 37.3 Å². The van der Waals surface area contributed by atoms with Gasteiger partial charge in [-0.2, -0.15) is 5.26 Å². The molecule has 1 heterocycles. The van der Waals surface area contributed by atoms with E-state index in [2.05, 4.69) is 11.4 Å². The minimum atomic E-state index is 0.606. The maximum Gasteiger partial charge on any atom is 0.162 e. The Hall–Kier alpha value is -2.19. The fourth-order valence-corrected chi connectivity index (χ4v) is 2.52. The second-order valence-electron chi connectivity index (χ2n) is 4.03. The SMILES string of the molecule is CCOc1ccc(NCc2ccc(C#N)s2)cc1OC. The van der Waals surface area contributed by atoms with E-state index in [1.165, 1.54) is 11.3 Å². The molecule has 1 N–H and O–H groups in total. The number of hydrogen-bond donors (Lipinski definition) is 1. The molecular formula is C15H16N2O2S. The summed E-state index contributed by atoms with van der Waals surface area (Å²) in [6, 6.07) is 11.7. The molecule has 0 aliphatic heterocycles. The molecule has 0 saturated heterocycles. The molecule has 0 aliphatic carbocycles. The van der Waals surface area contributed by atoms with Crippen LogP contribution in [-0.2, 0) is 6.54 Å². The van der Waals surface area contributed by atoms with E-state index < -0.39 is 0 Å². The van der Waals surface area contributed by atoms with Gasteiger partial charge in [-0.05, 0) is 31.2 Å². The number of anilines is 1. The summed E-state index contributed by atoms with van der Waals surface area (Å²) in [5, 5.41) is 12.1. The molecule has 20 heavy (non-hydrogen) atoms. The highest BCUT2D eigenvalue weighted by molar-refractivity contribution is 7.12. The monoisotopic (exact) mass is 288 g/mol. The van der Waals surface area contributed by atoms with Crippen LogP contribution < -0.4 is 14.8 Å². The molecule has 1 aromatic heterocycles. The Labute approximate surface area is 122 Å². The zero-order valence-corrected chi connectivity index (χ0v) is 12.3. The lowest BCUT2D eigenvalue weighted by atomic mass is 10.2. The highest BCUT2D eigenvalue weighted by atomic mass is 32.1. The Bertz CT molecular complexity index is 617. The van der Waals surface area contributed by atoms with Crippen LogP contribution >= 0.6 is 11.3 Å². The molecule has 0 atom stereocenters. The molecule has 2 aromatic rings. The standard InChI is InChI=1S/C15H16N2O2S/c1-3-19-14-7-4-11(8-15(14)18-2)17-10-13-6-5-12(9-16)20-13/h4-8,17H,3,10H2,1-2H3. The Morgan fingerprint density at radius 1 is 1.25 bits per heavy atom. The molecule has 2 rings (SSSR count). The average Bonchev–Trinajstić information content (AvgIpc) is 2.94. The fourth-order valence-electron chi connectivity index (χ4n) is 1.77. The summed E-state index contributed by atoms with van der Waals surface area (Å²) < 4.78 is 10.8. The smallest absolute Gasteiger partial charge is 0.162 e. The summed E-state index contributed by atoms with van der Waals surface area (Å²) in [4.78, 5) is 1.85. The van der Waals surface area contributed by atoms with E-state index in [0.717, 1.165) is 21.2 Å². The van der Waals surface area contributed by atoms with E-state index in [-0.39, 0.29) is 0 Å². The minimum absolute atomic E-state index is 0.606. The number of benzene rings is 1. The van der Waals surface area contributed by atoms with Crippen molar-refractivity contribution in [3.63, 3.8) is 0 Å². The van der Waals surface area contributed by atoms with Crippen molar-refractivity contribution in [2.75, 3.05) is 19.0 Å². The van der Waals surface area contributed by atoms with Gasteiger partial charge in [0.1, 0.15) is 10.9 Å². The number of thiophene rings is 1. The first-order valence-electron chi connectivity index (χ1n) is 6.30. The van der Waals surface area contributed by atoms with Crippen molar-refractivity contribution in [3.05, 3.63) is 40.1 Å². The Morgan fingerprint density at radius 3 is 2.75 bits per heavy atom. The summed E-state index contributed by atoms with van der Waals surface area (Å²) in [6.45, 7) is 3.23. The van der Waals surface area contributed by atoms with Crippen molar-refractivity contribution in [2.24, 2.45) is 0 Å². The average molecular weight is 288 g/mol. The van der Waals surface area contributed by atoms with Crippen LogP contribution in [0.1, 0.15) is 16.7 Å². The molecule has 1 aromatic carbocycles. The zero-order valence-electron chi connectivity index (χ0n) is 11.5. The van der Waals surface area contributed by atoms with Gasteiger partial charge in [-0.1, -0.05) is 0 Å². The molecule has 0 unspecified atom stereocenters. The second kappa shape index (κ2) is 6.83. The van der Waals surface area contributed by atoms with Crippen molar-refractivity contribution < 1.29 is 9.47 Å². The molecule has 0 fully saturated rings. The first-order chi connectivity index (χ1) is 9.76. The Balaban J connectivity index is 2.04. The van der Waals surface area contributed by atoms with Crippen LogP contribution in [0.4, 0.5) is 5.69 Å². The van der Waals surface area contributed by atoms with E-state index in [9.17, 15) is 0 Å². The van der Waals surface area contributed by atoms with Crippen molar-refractivity contribution >= 4 is 17.0 Å². The first kappa shape index (κ1) is 14.2. The molecule has 5 heteroatoms. The van der Waals surface area contributed by atoms with Gasteiger partial charge >= 0.3 is 0 Å². The predicted molar refractivity (Wildman–Crippen MR) is 80.5 cm³/mol. The largest absolute Gasteiger partial charge is 0.493 e. The Morgan fingerprint density at radius 2 is 2.10 bits per heavy atom. The van der Waals surface area contributed by atoms with Gasteiger partial charge in [-0.15, -0.1) is 11.3 Å². The van der Waals surface area contributed by atoms with Gasteiger partial charge in [0.15, 0.2) is 11.5 Å². The lowest BCUT2D eigenvalue weighted by Gasteiger charge is -2.11. The topological polar surface area (TPSA) is 54.3 Å². The summed E-state index contributed by atoms with van der Waals surface area (Å²) in [7, 11) is 1.63. The Kier molecular flexibility index (Phi) is 4.85. The first-order valence-corrected chi connectivity index (χ1v) is 7.12. The summed E-state index contributed by atoms with van der Waals surface area (Å²) in [5.41, 5.74) is 0.956. The van der Waals surface area contributed by atoms with Crippen molar-refractivity contribution in [1.82, 2.24) is 0 Å². The number of nitrogens with one attached hydrogen (secondary N) is 1. The van der Waals surface area contributed by atoms with Crippen LogP contribution in [-0.4, -0.2) is 13.7 Å². The van der Waals surface area contributed by atoms with Crippen LogP contribution in [0.15, 0.2) is 30.3 Å². The van der Waals surface area contributed by atoms with Crippen LogP contribution in [0.5, 0.6) is 11.5 Å². The van der Waals surface area contributed by atoms with E-state index in [1.54, 1.807) is 7.11 Å². The molecule has 0 radical (unpaired) electrons. The predicted octanol–water partition coefficient (Wildman–Crippen LogP) is 3.64. The van der Waals surface area contributed by atoms with Crippen LogP contribution in [0, 0.1) is 11.3 Å². The maximum absolute atomic E-state index is 8.80. The number of hydrogen-bond acceptors (Lipinski definition) is 5. The van der Waals surface area contributed by atoms with E-state index in [4.69, 9.17) is 14.7 Å². The number of methoxy groups -OCH3 is 1. The molecule has 0 bridgehead atoms. The van der Waals surface area contributed by atoms with Gasteiger partial charge in [0.25, 0.3) is 0 Å². The summed E-state index contributed by atoms with van der Waals surface area (Å²) in [6.07, 6.45) is 0. The highest BCUT2D eigenvalue weighted by Gasteiger charge is 2.05. The molecule has 0 amide bonds. The van der Waals surface area contributed by atoms with E-state index >= 15 is 0 Å². The number of nitriles is 1. The quantitative estimate of drug-likeness (QED) is 0.881. The maximum atomic E-state index is 8.80. The minimum Gasteiger partial charge on any atom is -0.493 e. The van der Waals surface area contributed by atoms with Crippen LogP contribution in [0.2, 0.25) is 0 Å². The van der Waals surface area contributed by atoms with Crippen molar-refractivity contribution in [1.29, 1.82) is 5.26 Å². The number of rotatable bonds is 6. The lowest BCUT2D eigenvalue weighted by Crippen LogP contribution is -1.99. The second-order valence-corrected chi connectivity index (χ2v) is 5.20. The molecular weight excluding hydrogens is 272 g/mol. The molecule has 0 aliphatic rings. The van der Waals surface area contributed by atoms with Gasteiger partial charge < -0.3 is 14.8 Å². The molecule has 0 saturated carbocycles. The van der Waals surface area contributed by atoms with Crippen molar-refractivity contribution in [3.8, 4) is 17.6 Å². The third-order valence-corrected chi connectivity index (χ3v) is 3.69. The van der Waals surface area contributed by atoms with Gasteiger partial charge in [0.2, 0.25) is 0 Å². The number of nitrogens with zero attached hydrogens (tertiary/aromatic N) is 1. The van der Waals surface area contributed by atoms with Crippen LogP contribution in [0.25, 0.3) is 0 Å². The highest BCUT2D eigenvalue weighted by Crippen LogP contribution is 2.30. The van der Waals surface area contributed by atoms with Gasteiger partial charge in [0.05, 0.1) is 13.7 Å². The third-order valence-electron chi connectivity index (χ3n) is 2.70. The van der Waals surface area contributed by atoms with Gasteiger partial charge in [0, 0.05) is 23.2 Å². The normalized spacial score (nSPS) is 9.85. The van der Waals surface area contributed by atoms with Crippen LogP contribution in [0.3, 0.4) is 0 Å². The van der Waals surface area contributed by atoms with Gasteiger partial charge in [-0.3, -0.25) is 0 Å². The summed E-state index contributed by atoms with van der Waals surface area (Å²) >= 11 is 1.49. The molecule has 4 nitrogen and oxygen atoms in total. The van der Waals surface area contributed by atoms with E-state index in [0.29, 0.717) is 18.9 Å². The van der Waals surface area contributed by atoms with Gasteiger partial charge in [-0.25, -0.2) is 0 Å². The summed E-state index contributed by atoms with van der Waals surface area (Å²) in [5.74, 6) is 1.45. The number of ether oxygens (including phenoxy) is 2.